The third kappa shape index (κ3) is 5.14. The summed E-state index contributed by atoms with van der Waals surface area (Å²) in [6, 6.07) is 25.2. The highest BCUT2D eigenvalue weighted by Gasteiger charge is 2.30. The highest BCUT2D eigenvalue weighted by atomic mass is 19.3. The Hall–Kier alpha value is -3.45. The van der Waals surface area contributed by atoms with Gasteiger partial charge in [-0.15, -0.1) is 0 Å². The fraction of sp³-hybridized carbons (Fsp3) is 0.269. The molecule has 7 heteroatoms. The van der Waals surface area contributed by atoms with E-state index in [2.05, 4.69) is 33.9 Å². The van der Waals surface area contributed by atoms with Crippen LogP contribution in [0.2, 0.25) is 0 Å². The molecule has 33 heavy (non-hydrogen) atoms. The summed E-state index contributed by atoms with van der Waals surface area (Å²) >= 11 is 0. The lowest BCUT2D eigenvalue weighted by Gasteiger charge is -2.40. The summed E-state index contributed by atoms with van der Waals surface area (Å²) in [6.45, 7) is -0.812. The molecule has 1 heterocycles. The van der Waals surface area contributed by atoms with E-state index in [0.717, 1.165) is 0 Å². The number of methoxy groups -OCH3 is 1. The fourth-order valence-electron chi connectivity index (χ4n) is 4.29. The zero-order chi connectivity index (χ0) is 23.2. The van der Waals surface area contributed by atoms with Crippen LogP contribution in [0.3, 0.4) is 0 Å². The second kappa shape index (κ2) is 10.4. The van der Waals surface area contributed by atoms with E-state index in [1.54, 1.807) is 11.0 Å². The molecule has 0 unspecified atom stereocenters. The Morgan fingerprint density at radius 1 is 0.818 bits per heavy atom. The Kier molecular flexibility index (Phi) is 7.19. The summed E-state index contributed by atoms with van der Waals surface area (Å²) in [5.41, 5.74) is 2.44. The molecule has 3 aromatic rings. The van der Waals surface area contributed by atoms with Crippen LogP contribution in [0.1, 0.15) is 27.5 Å². The molecule has 3 aromatic carbocycles. The summed E-state index contributed by atoms with van der Waals surface area (Å²) in [4.78, 5) is 17.2. The number of amides is 1. The lowest BCUT2D eigenvalue weighted by molar-refractivity contribution is -0.0517. The van der Waals surface area contributed by atoms with E-state index in [0.29, 0.717) is 26.2 Å². The van der Waals surface area contributed by atoms with Crippen molar-refractivity contribution >= 4 is 5.91 Å². The molecule has 1 amide bonds. The van der Waals surface area contributed by atoms with E-state index in [-0.39, 0.29) is 29.0 Å². The van der Waals surface area contributed by atoms with E-state index < -0.39 is 6.61 Å². The topological polar surface area (TPSA) is 42.0 Å². The monoisotopic (exact) mass is 452 g/mol. The first-order valence-electron chi connectivity index (χ1n) is 10.8. The Morgan fingerprint density at radius 3 is 1.91 bits per heavy atom. The smallest absolute Gasteiger partial charge is 0.387 e. The molecule has 0 radical (unpaired) electrons. The summed E-state index contributed by atoms with van der Waals surface area (Å²) in [6.07, 6.45) is 0. The summed E-state index contributed by atoms with van der Waals surface area (Å²) in [7, 11) is 1.36. The molecule has 1 aliphatic rings. The molecule has 0 aromatic heterocycles. The molecule has 1 saturated heterocycles. The van der Waals surface area contributed by atoms with Crippen LogP contribution in [-0.4, -0.2) is 55.6 Å². The molecular formula is C26H26F2N2O3. The standard InChI is InChI=1S/C26H26F2N2O3/c1-32-22-14-8-13-21(24(22)33-26(27)28)25(31)30-17-15-29(16-18-30)23(19-9-4-2-5-10-19)20-11-6-3-7-12-20/h2-14,23,26H,15-18H2,1H3. The number of hydrogen-bond donors (Lipinski definition) is 0. The van der Waals surface area contributed by atoms with Crippen LogP contribution in [0.4, 0.5) is 8.78 Å². The molecular weight excluding hydrogens is 426 g/mol. The van der Waals surface area contributed by atoms with Gasteiger partial charge in [-0.3, -0.25) is 9.69 Å². The Labute approximate surface area is 192 Å². The molecule has 172 valence electrons. The fourth-order valence-corrected chi connectivity index (χ4v) is 4.29. The number of alkyl halides is 2. The van der Waals surface area contributed by atoms with Gasteiger partial charge in [-0.1, -0.05) is 66.7 Å². The largest absolute Gasteiger partial charge is 0.493 e. The van der Waals surface area contributed by atoms with Gasteiger partial charge >= 0.3 is 6.61 Å². The number of piperazine rings is 1. The van der Waals surface area contributed by atoms with Crippen LogP contribution < -0.4 is 9.47 Å². The predicted molar refractivity (Wildman–Crippen MR) is 122 cm³/mol. The number of benzene rings is 3. The lowest BCUT2D eigenvalue weighted by atomic mass is 9.96. The second-order valence-corrected chi connectivity index (χ2v) is 7.77. The van der Waals surface area contributed by atoms with Gasteiger partial charge in [0.1, 0.15) is 0 Å². The average Bonchev–Trinajstić information content (AvgIpc) is 2.85. The Morgan fingerprint density at radius 2 is 1.39 bits per heavy atom. The van der Waals surface area contributed by atoms with Gasteiger partial charge < -0.3 is 14.4 Å². The minimum absolute atomic E-state index is 0.0687. The first-order valence-corrected chi connectivity index (χ1v) is 10.8. The van der Waals surface area contributed by atoms with Crippen molar-refractivity contribution in [3.8, 4) is 11.5 Å². The molecule has 1 aliphatic heterocycles. The second-order valence-electron chi connectivity index (χ2n) is 7.77. The number of para-hydroxylation sites is 1. The van der Waals surface area contributed by atoms with Gasteiger partial charge in [0.2, 0.25) is 0 Å². The Balaban J connectivity index is 1.53. The number of carbonyl (C=O) groups is 1. The summed E-state index contributed by atoms with van der Waals surface area (Å²) < 4.78 is 35.7. The number of rotatable bonds is 7. The third-order valence-corrected chi connectivity index (χ3v) is 5.83. The van der Waals surface area contributed by atoms with Crippen LogP contribution in [0.15, 0.2) is 78.9 Å². The highest BCUT2D eigenvalue weighted by molar-refractivity contribution is 5.98. The molecule has 4 rings (SSSR count). The van der Waals surface area contributed by atoms with Crippen LogP contribution in [0, 0.1) is 0 Å². The first-order chi connectivity index (χ1) is 16.1. The summed E-state index contributed by atoms with van der Waals surface area (Å²) in [5.74, 6) is -0.470. The first kappa shape index (κ1) is 22.7. The normalized spacial score (nSPS) is 14.5. The number of hydrogen-bond acceptors (Lipinski definition) is 4. The number of nitrogens with zero attached hydrogens (tertiary/aromatic N) is 2. The maximum absolute atomic E-state index is 13.2. The van der Waals surface area contributed by atoms with E-state index in [4.69, 9.17) is 4.74 Å². The van der Waals surface area contributed by atoms with Crippen molar-refractivity contribution in [1.29, 1.82) is 0 Å². The van der Waals surface area contributed by atoms with Crippen molar-refractivity contribution in [3.63, 3.8) is 0 Å². The SMILES string of the molecule is COc1cccc(C(=O)N2CCN(C(c3ccccc3)c3ccccc3)CC2)c1OC(F)F. The van der Waals surface area contributed by atoms with Gasteiger partial charge in [0.05, 0.1) is 18.7 Å². The van der Waals surface area contributed by atoms with Gasteiger partial charge in [0.15, 0.2) is 11.5 Å². The summed E-state index contributed by atoms with van der Waals surface area (Å²) in [5, 5.41) is 0. The van der Waals surface area contributed by atoms with Crippen LogP contribution in [0.5, 0.6) is 11.5 Å². The van der Waals surface area contributed by atoms with Gasteiger partial charge in [0, 0.05) is 26.2 Å². The molecule has 0 aliphatic carbocycles. The number of ether oxygens (including phenoxy) is 2. The maximum atomic E-state index is 13.2. The highest BCUT2D eigenvalue weighted by Crippen LogP contribution is 2.34. The minimum atomic E-state index is -3.05. The zero-order valence-electron chi connectivity index (χ0n) is 18.4. The predicted octanol–water partition coefficient (Wildman–Crippen LogP) is 4.84. The van der Waals surface area contributed by atoms with Gasteiger partial charge in [-0.05, 0) is 23.3 Å². The van der Waals surface area contributed by atoms with Crippen LogP contribution in [0.25, 0.3) is 0 Å². The van der Waals surface area contributed by atoms with E-state index >= 15 is 0 Å². The maximum Gasteiger partial charge on any atom is 0.387 e. The van der Waals surface area contributed by atoms with Crippen LogP contribution >= 0.6 is 0 Å². The minimum Gasteiger partial charge on any atom is -0.493 e. The van der Waals surface area contributed by atoms with Gasteiger partial charge in [0.25, 0.3) is 5.91 Å². The van der Waals surface area contributed by atoms with Crippen molar-refractivity contribution in [2.45, 2.75) is 12.7 Å². The van der Waals surface area contributed by atoms with Crippen molar-refractivity contribution in [2.24, 2.45) is 0 Å². The van der Waals surface area contributed by atoms with Crippen molar-refractivity contribution in [3.05, 3.63) is 95.6 Å². The van der Waals surface area contributed by atoms with Gasteiger partial charge in [-0.25, -0.2) is 0 Å². The molecule has 5 nitrogen and oxygen atoms in total. The van der Waals surface area contributed by atoms with E-state index in [1.807, 2.05) is 36.4 Å². The van der Waals surface area contributed by atoms with E-state index in [1.165, 1.54) is 30.4 Å². The quantitative estimate of drug-likeness (QED) is 0.514. The van der Waals surface area contributed by atoms with Crippen molar-refractivity contribution < 1.29 is 23.0 Å². The third-order valence-electron chi connectivity index (χ3n) is 5.83. The average molecular weight is 453 g/mol. The van der Waals surface area contributed by atoms with Crippen molar-refractivity contribution in [2.75, 3.05) is 33.3 Å². The molecule has 1 fully saturated rings. The number of carbonyl (C=O) groups excluding carboxylic acids is 1. The number of halogens is 2. The zero-order valence-corrected chi connectivity index (χ0v) is 18.4. The Bertz CT molecular complexity index is 1020. The molecule has 0 bridgehead atoms. The molecule has 0 spiro atoms. The molecule has 0 atom stereocenters. The van der Waals surface area contributed by atoms with E-state index in [9.17, 15) is 13.6 Å². The van der Waals surface area contributed by atoms with Crippen LogP contribution in [-0.2, 0) is 0 Å². The molecule has 0 N–H and O–H groups in total. The van der Waals surface area contributed by atoms with Crippen molar-refractivity contribution in [1.82, 2.24) is 9.80 Å². The lowest BCUT2D eigenvalue weighted by Crippen LogP contribution is -2.50. The van der Waals surface area contributed by atoms with Gasteiger partial charge in [-0.2, -0.15) is 8.78 Å². The molecule has 0 saturated carbocycles.